The molecule has 0 radical (unpaired) electrons. The molecule has 0 bridgehead atoms. The van der Waals surface area contributed by atoms with Crippen molar-refractivity contribution in [1.29, 1.82) is 5.26 Å². The van der Waals surface area contributed by atoms with Crippen molar-refractivity contribution in [3.05, 3.63) is 52.1 Å². The molecule has 0 aliphatic heterocycles. The largest absolute Gasteiger partial charge is 0.326 e. The van der Waals surface area contributed by atoms with Gasteiger partial charge >= 0.3 is 0 Å². The highest BCUT2D eigenvalue weighted by atomic mass is 19.1. The molecule has 0 amide bonds. The number of nitrogens with zero attached hydrogens (tertiary/aromatic N) is 3. The van der Waals surface area contributed by atoms with Crippen LogP contribution in [-0.2, 0) is 13.1 Å². The van der Waals surface area contributed by atoms with E-state index in [9.17, 15) is 4.39 Å². The quantitative estimate of drug-likeness (QED) is 0.915. The van der Waals surface area contributed by atoms with Crippen molar-refractivity contribution in [2.45, 2.75) is 26.9 Å². The summed E-state index contributed by atoms with van der Waals surface area (Å²) in [5.41, 5.74) is 8.94. The van der Waals surface area contributed by atoms with Gasteiger partial charge in [-0.2, -0.15) is 10.4 Å². The summed E-state index contributed by atoms with van der Waals surface area (Å²) < 4.78 is 15.7. The monoisotopic (exact) mass is 258 g/mol. The van der Waals surface area contributed by atoms with Crippen molar-refractivity contribution in [3.63, 3.8) is 0 Å². The van der Waals surface area contributed by atoms with Gasteiger partial charge in [0.2, 0.25) is 0 Å². The molecule has 98 valence electrons. The molecule has 2 N–H and O–H groups in total. The highest BCUT2D eigenvalue weighted by molar-refractivity contribution is 5.35. The van der Waals surface area contributed by atoms with Gasteiger partial charge in [-0.15, -0.1) is 0 Å². The van der Waals surface area contributed by atoms with Gasteiger partial charge in [0.15, 0.2) is 0 Å². The van der Waals surface area contributed by atoms with E-state index < -0.39 is 5.82 Å². The average molecular weight is 258 g/mol. The van der Waals surface area contributed by atoms with Crippen LogP contribution in [0.5, 0.6) is 0 Å². The molecule has 0 atom stereocenters. The molecular weight excluding hydrogens is 243 g/mol. The second kappa shape index (κ2) is 5.21. The van der Waals surface area contributed by atoms with Gasteiger partial charge in [0.1, 0.15) is 11.9 Å². The van der Waals surface area contributed by atoms with Crippen LogP contribution >= 0.6 is 0 Å². The van der Waals surface area contributed by atoms with E-state index in [0.29, 0.717) is 18.7 Å². The lowest BCUT2D eigenvalue weighted by molar-refractivity contribution is 0.576. The van der Waals surface area contributed by atoms with Crippen LogP contribution in [0.4, 0.5) is 4.39 Å². The van der Waals surface area contributed by atoms with Gasteiger partial charge in [-0.3, -0.25) is 4.68 Å². The summed E-state index contributed by atoms with van der Waals surface area (Å²) in [7, 11) is 0. The third-order valence-electron chi connectivity index (χ3n) is 3.25. The number of hydrogen-bond acceptors (Lipinski definition) is 3. The first kappa shape index (κ1) is 13.2. The maximum absolute atomic E-state index is 14.0. The molecule has 0 saturated carbocycles. The van der Waals surface area contributed by atoms with Crippen LogP contribution in [0, 0.1) is 31.0 Å². The number of benzene rings is 1. The molecule has 0 saturated heterocycles. The Morgan fingerprint density at radius 1 is 1.42 bits per heavy atom. The molecule has 2 rings (SSSR count). The van der Waals surface area contributed by atoms with Crippen LogP contribution in [0.3, 0.4) is 0 Å². The Labute approximate surface area is 111 Å². The fraction of sp³-hybridized carbons (Fsp3) is 0.286. The number of aromatic nitrogens is 2. The first-order chi connectivity index (χ1) is 9.08. The molecule has 0 fully saturated rings. The van der Waals surface area contributed by atoms with Gasteiger partial charge in [-0.25, -0.2) is 4.39 Å². The number of nitriles is 1. The van der Waals surface area contributed by atoms with Gasteiger partial charge in [0.25, 0.3) is 0 Å². The van der Waals surface area contributed by atoms with Gasteiger partial charge in [-0.1, -0.05) is 12.1 Å². The summed E-state index contributed by atoms with van der Waals surface area (Å²) in [6, 6.07) is 6.64. The van der Waals surface area contributed by atoms with E-state index >= 15 is 0 Å². The van der Waals surface area contributed by atoms with E-state index in [1.807, 2.05) is 19.9 Å². The van der Waals surface area contributed by atoms with Crippen molar-refractivity contribution in [3.8, 4) is 6.07 Å². The zero-order chi connectivity index (χ0) is 14.0. The molecule has 0 spiro atoms. The molecule has 0 aliphatic rings. The molecule has 0 unspecified atom stereocenters. The Morgan fingerprint density at radius 2 is 2.16 bits per heavy atom. The van der Waals surface area contributed by atoms with E-state index in [0.717, 1.165) is 17.0 Å². The van der Waals surface area contributed by atoms with Crippen molar-refractivity contribution in [2.24, 2.45) is 5.73 Å². The van der Waals surface area contributed by atoms with Crippen LogP contribution in [0.15, 0.2) is 18.2 Å². The Kier molecular flexibility index (Phi) is 3.63. The fourth-order valence-corrected chi connectivity index (χ4v) is 2.13. The standard InChI is InChI=1S/C14H15FN4/c1-9-13(7-17)10(2)19(18-9)8-12-5-3-4-11(6-16)14(12)15/h3-5H,7-8,17H2,1-2H3. The minimum atomic E-state index is -0.480. The van der Waals surface area contributed by atoms with Gasteiger partial charge in [0.05, 0.1) is 17.8 Å². The SMILES string of the molecule is Cc1nn(Cc2cccc(C#N)c2F)c(C)c1CN. The highest BCUT2D eigenvalue weighted by Gasteiger charge is 2.13. The normalized spacial score (nSPS) is 10.5. The highest BCUT2D eigenvalue weighted by Crippen LogP contribution is 2.17. The molecular formula is C14H15FN4. The summed E-state index contributed by atoms with van der Waals surface area (Å²) in [6.07, 6.45) is 0. The predicted octanol–water partition coefficient (Wildman–Crippen LogP) is 2.02. The minimum absolute atomic E-state index is 0.0538. The second-order valence-corrected chi connectivity index (χ2v) is 4.40. The fourth-order valence-electron chi connectivity index (χ4n) is 2.13. The van der Waals surface area contributed by atoms with Crippen LogP contribution < -0.4 is 5.73 Å². The van der Waals surface area contributed by atoms with Gasteiger partial charge in [-0.05, 0) is 19.9 Å². The summed E-state index contributed by atoms with van der Waals surface area (Å²) in [5.74, 6) is -0.480. The Bertz CT molecular complexity index is 652. The van der Waals surface area contributed by atoms with Gasteiger partial charge in [0, 0.05) is 23.4 Å². The summed E-state index contributed by atoms with van der Waals surface area (Å²) >= 11 is 0. The lowest BCUT2D eigenvalue weighted by Gasteiger charge is -2.07. The Hall–Kier alpha value is -2.19. The molecule has 1 aromatic heterocycles. The molecule has 1 heterocycles. The summed E-state index contributed by atoms with van der Waals surface area (Å²) in [5, 5.41) is 13.2. The van der Waals surface area contributed by atoms with Crippen molar-refractivity contribution < 1.29 is 4.39 Å². The van der Waals surface area contributed by atoms with Crippen LogP contribution in [-0.4, -0.2) is 9.78 Å². The Balaban J connectivity index is 2.40. The Morgan fingerprint density at radius 3 is 2.74 bits per heavy atom. The molecule has 4 nitrogen and oxygen atoms in total. The van der Waals surface area contributed by atoms with Crippen molar-refractivity contribution in [1.82, 2.24) is 9.78 Å². The zero-order valence-corrected chi connectivity index (χ0v) is 10.9. The van der Waals surface area contributed by atoms with Gasteiger partial charge < -0.3 is 5.73 Å². The number of nitrogens with two attached hydrogens (primary N) is 1. The third-order valence-corrected chi connectivity index (χ3v) is 3.25. The number of rotatable bonds is 3. The first-order valence-corrected chi connectivity index (χ1v) is 5.99. The first-order valence-electron chi connectivity index (χ1n) is 5.99. The minimum Gasteiger partial charge on any atom is -0.326 e. The molecule has 5 heteroatoms. The molecule has 19 heavy (non-hydrogen) atoms. The van der Waals surface area contributed by atoms with E-state index in [2.05, 4.69) is 5.10 Å². The third kappa shape index (κ3) is 2.35. The second-order valence-electron chi connectivity index (χ2n) is 4.40. The van der Waals surface area contributed by atoms with E-state index in [1.54, 1.807) is 16.8 Å². The smallest absolute Gasteiger partial charge is 0.146 e. The zero-order valence-electron chi connectivity index (χ0n) is 10.9. The maximum atomic E-state index is 14.0. The molecule has 1 aromatic carbocycles. The van der Waals surface area contributed by atoms with E-state index in [1.165, 1.54) is 6.07 Å². The van der Waals surface area contributed by atoms with E-state index in [-0.39, 0.29) is 5.56 Å². The van der Waals surface area contributed by atoms with Crippen molar-refractivity contribution in [2.75, 3.05) is 0 Å². The average Bonchev–Trinajstić information content (AvgIpc) is 2.66. The maximum Gasteiger partial charge on any atom is 0.146 e. The number of hydrogen-bond donors (Lipinski definition) is 1. The van der Waals surface area contributed by atoms with Crippen molar-refractivity contribution >= 4 is 0 Å². The number of aryl methyl sites for hydroxylation is 1. The molecule has 0 aliphatic carbocycles. The summed E-state index contributed by atoms with van der Waals surface area (Å²) in [6.45, 7) is 4.51. The lowest BCUT2D eigenvalue weighted by Crippen LogP contribution is -2.07. The van der Waals surface area contributed by atoms with Crippen LogP contribution in [0.25, 0.3) is 0 Å². The predicted molar refractivity (Wildman–Crippen MR) is 69.8 cm³/mol. The topological polar surface area (TPSA) is 67.6 Å². The summed E-state index contributed by atoms with van der Waals surface area (Å²) in [4.78, 5) is 0. The van der Waals surface area contributed by atoms with E-state index in [4.69, 9.17) is 11.0 Å². The lowest BCUT2D eigenvalue weighted by atomic mass is 10.1. The number of halogens is 1. The van der Waals surface area contributed by atoms with Crippen LogP contribution in [0.2, 0.25) is 0 Å². The molecule has 2 aromatic rings. The van der Waals surface area contributed by atoms with Crippen LogP contribution in [0.1, 0.15) is 28.1 Å².